The number of aromatic hydroxyl groups is 2. The number of benzene rings is 1. The summed E-state index contributed by atoms with van der Waals surface area (Å²) in [6.45, 7) is 5.35. The number of hydrogen-bond donors (Lipinski definition) is 2. The summed E-state index contributed by atoms with van der Waals surface area (Å²) < 4.78 is 4.99. The van der Waals surface area contributed by atoms with Crippen molar-refractivity contribution in [1.29, 1.82) is 0 Å². The Balaban J connectivity index is 2.94. The molecule has 16 heavy (non-hydrogen) atoms. The smallest absolute Gasteiger partial charge is 0.317 e. The maximum atomic E-state index is 11.7. The quantitative estimate of drug-likeness (QED) is 0.611. The van der Waals surface area contributed by atoms with E-state index in [0.717, 1.165) is 0 Å². The Morgan fingerprint density at radius 3 is 2.25 bits per heavy atom. The van der Waals surface area contributed by atoms with Crippen LogP contribution in [0.2, 0.25) is 0 Å². The predicted molar refractivity (Wildman–Crippen MR) is 59.5 cm³/mol. The molecule has 2 N–H and O–H groups in total. The van der Waals surface area contributed by atoms with Gasteiger partial charge in [0.15, 0.2) is 11.5 Å². The van der Waals surface area contributed by atoms with Gasteiger partial charge in [-0.2, -0.15) is 0 Å². The Hall–Kier alpha value is -1.71. The molecule has 0 fully saturated rings. The summed E-state index contributed by atoms with van der Waals surface area (Å²) in [4.78, 5) is 11.7. The van der Waals surface area contributed by atoms with Crippen molar-refractivity contribution in [2.24, 2.45) is 5.41 Å². The van der Waals surface area contributed by atoms with Gasteiger partial charge in [0.2, 0.25) is 5.75 Å². The second-order valence-corrected chi connectivity index (χ2v) is 4.25. The highest BCUT2D eigenvalue weighted by Crippen LogP contribution is 2.36. The van der Waals surface area contributed by atoms with Crippen LogP contribution in [0.4, 0.5) is 0 Å². The van der Waals surface area contributed by atoms with Crippen molar-refractivity contribution in [2.45, 2.75) is 27.2 Å². The lowest BCUT2D eigenvalue weighted by Gasteiger charge is -2.20. The minimum absolute atomic E-state index is 0.186. The molecular formula is C12H16O4. The molecule has 0 saturated heterocycles. The molecule has 0 aromatic heterocycles. The molecule has 0 aliphatic heterocycles. The number of phenolic OH excluding ortho intramolecular Hbond substituents is 2. The van der Waals surface area contributed by atoms with E-state index in [0.29, 0.717) is 6.42 Å². The van der Waals surface area contributed by atoms with E-state index in [1.807, 2.05) is 6.92 Å². The molecular weight excluding hydrogens is 208 g/mol. The Morgan fingerprint density at radius 2 is 1.81 bits per heavy atom. The van der Waals surface area contributed by atoms with E-state index in [4.69, 9.17) is 4.74 Å². The summed E-state index contributed by atoms with van der Waals surface area (Å²) in [7, 11) is 0. The zero-order valence-corrected chi connectivity index (χ0v) is 9.65. The monoisotopic (exact) mass is 224 g/mol. The van der Waals surface area contributed by atoms with Crippen LogP contribution in [0.15, 0.2) is 18.2 Å². The van der Waals surface area contributed by atoms with Crippen LogP contribution >= 0.6 is 0 Å². The number of carbonyl (C=O) groups excluding carboxylic acids is 1. The number of hydrogen-bond acceptors (Lipinski definition) is 4. The second-order valence-electron chi connectivity index (χ2n) is 4.25. The van der Waals surface area contributed by atoms with Gasteiger partial charge in [0.1, 0.15) is 0 Å². The predicted octanol–water partition coefficient (Wildman–Crippen LogP) is 2.44. The lowest BCUT2D eigenvalue weighted by atomic mass is 9.91. The highest BCUT2D eigenvalue weighted by Gasteiger charge is 2.29. The van der Waals surface area contributed by atoms with E-state index >= 15 is 0 Å². The van der Waals surface area contributed by atoms with E-state index in [-0.39, 0.29) is 17.2 Å². The summed E-state index contributed by atoms with van der Waals surface area (Å²) in [6, 6.07) is 4.16. The molecule has 0 bridgehead atoms. The Labute approximate surface area is 94.5 Å². The lowest BCUT2D eigenvalue weighted by molar-refractivity contribution is -0.144. The molecule has 1 rings (SSSR count). The average molecular weight is 224 g/mol. The third-order valence-corrected chi connectivity index (χ3v) is 2.60. The normalized spacial score (nSPS) is 11.2. The fraction of sp³-hybridized carbons (Fsp3) is 0.417. The van der Waals surface area contributed by atoms with Crippen molar-refractivity contribution in [3.63, 3.8) is 0 Å². The van der Waals surface area contributed by atoms with Gasteiger partial charge >= 0.3 is 5.97 Å². The molecule has 0 atom stereocenters. The first-order valence-electron chi connectivity index (χ1n) is 5.11. The first kappa shape index (κ1) is 12.4. The van der Waals surface area contributed by atoms with Crippen LogP contribution < -0.4 is 4.74 Å². The van der Waals surface area contributed by atoms with Crippen molar-refractivity contribution in [3.05, 3.63) is 18.2 Å². The molecule has 0 spiro atoms. The molecule has 88 valence electrons. The molecule has 4 heteroatoms. The standard InChI is InChI=1S/C12H16O4/c1-4-12(2,3)11(15)16-10-8(13)6-5-7-9(10)14/h5-7,13-14H,4H2,1-3H3. The van der Waals surface area contributed by atoms with E-state index in [2.05, 4.69) is 0 Å². The van der Waals surface area contributed by atoms with E-state index in [9.17, 15) is 15.0 Å². The van der Waals surface area contributed by atoms with Crippen LogP contribution in [0, 0.1) is 5.41 Å². The maximum Gasteiger partial charge on any atom is 0.317 e. The Bertz CT molecular complexity index is 376. The van der Waals surface area contributed by atoms with Crippen LogP contribution in [0.3, 0.4) is 0 Å². The van der Waals surface area contributed by atoms with Crippen molar-refractivity contribution >= 4 is 5.97 Å². The van der Waals surface area contributed by atoms with Gasteiger partial charge in [-0.25, -0.2) is 0 Å². The highest BCUT2D eigenvalue weighted by atomic mass is 16.5. The van der Waals surface area contributed by atoms with Crippen LogP contribution in [-0.4, -0.2) is 16.2 Å². The highest BCUT2D eigenvalue weighted by molar-refractivity contribution is 5.79. The van der Waals surface area contributed by atoms with Crippen molar-refractivity contribution in [2.75, 3.05) is 0 Å². The van der Waals surface area contributed by atoms with Crippen molar-refractivity contribution in [3.8, 4) is 17.2 Å². The molecule has 1 aromatic carbocycles. The van der Waals surface area contributed by atoms with Crippen LogP contribution in [-0.2, 0) is 4.79 Å². The zero-order valence-electron chi connectivity index (χ0n) is 9.65. The molecule has 0 amide bonds. The number of phenols is 2. The summed E-state index contributed by atoms with van der Waals surface area (Å²) >= 11 is 0. The molecule has 0 unspecified atom stereocenters. The van der Waals surface area contributed by atoms with E-state index in [1.165, 1.54) is 18.2 Å². The minimum atomic E-state index is -0.644. The number of para-hydroxylation sites is 1. The number of ether oxygens (including phenoxy) is 1. The first-order chi connectivity index (χ1) is 7.38. The van der Waals surface area contributed by atoms with Gasteiger partial charge in [0, 0.05) is 0 Å². The van der Waals surface area contributed by atoms with Gasteiger partial charge in [-0.1, -0.05) is 13.0 Å². The number of rotatable bonds is 3. The molecule has 0 heterocycles. The number of carbonyl (C=O) groups is 1. The molecule has 0 aliphatic rings. The Morgan fingerprint density at radius 1 is 1.31 bits per heavy atom. The summed E-state index contributed by atoms with van der Waals surface area (Å²) in [5.74, 6) is -1.17. The van der Waals surface area contributed by atoms with Gasteiger partial charge in [-0.15, -0.1) is 0 Å². The largest absolute Gasteiger partial charge is 0.504 e. The fourth-order valence-electron chi connectivity index (χ4n) is 0.993. The summed E-state index contributed by atoms with van der Waals surface area (Å²) in [6.07, 6.45) is 0.611. The second kappa shape index (κ2) is 4.43. The molecule has 4 nitrogen and oxygen atoms in total. The molecule has 0 aliphatic carbocycles. The number of esters is 1. The lowest BCUT2D eigenvalue weighted by Crippen LogP contribution is -2.28. The van der Waals surface area contributed by atoms with Crippen LogP contribution in [0.25, 0.3) is 0 Å². The minimum Gasteiger partial charge on any atom is -0.504 e. The Kier molecular flexibility index (Phi) is 3.42. The average Bonchev–Trinajstić information content (AvgIpc) is 2.23. The van der Waals surface area contributed by atoms with E-state index < -0.39 is 11.4 Å². The van der Waals surface area contributed by atoms with Gasteiger partial charge in [-0.3, -0.25) is 4.79 Å². The molecule has 0 saturated carbocycles. The molecule has 1 aromatic rings. The van der Waals surface area contributed by atoms with Crippen LogP contribution in [0.1, 0.15) is 27.2 Å². The fourth-order valence-corrected chi connectivity index (χ4v) is 0.993. The van der Waals surface area contributed by atoms with Crippen molar-refractivity contribution in [1.82, 2.24) is 0 Å². The summed E-state index contributed by atoms with van der Waals surface area (Å²) in [5.41, 5.74) is -0.644. The SMILES string of the molecule is CCC(C)(C)C(=O)Oc1c(O)cccc1O. The maximum absolute atomic E-state index is 11.7. The third kappa shape index (κ3) is 2.45. The topological polar surface area (TPSA) is 66.8 Å². The zero-order chi connectivity index (χ0) is 12.3. The summed E-state index contributed by atoms with van der Waals surface area (Å²) in [5, 5.41) is 18.9. The van der Waals surface area contributed by atoms with E-state index in [1.54, 1.807) is 13.8 Å². The van der Waals surface area contributed by atoms with Gasteiger partial charge in [0.05, 0.1) is 5.41 Å². The van der Waals surface area contributed by atoms with Gasteiger partial charge in [-0.05, 0) is 32.4 Å². The van der Waals surface area contributed by atoms with Crippen molar-refractivity contribution < 1.29 is 19.7 Å². The first-order valence-corrected chi connectivity index (χ1v) is 5.11. The van der Waals surface area contributed by atoms with Crippen LogP contribution in [0.5, 0.6) is 17.2 Å². The molecule has 0 radical (unpaired) electrons. The van der Waals surface area contributed by atoms with Gasteiger partial charge < -0.3 is 14.9 Å². The van der Waals surface area contributed by atoms with Gasteiger partial charge in [0.25, 0.3) is 0 Å². The third-order valence-electron chi connectivity index (χ3n) is 2.60.